The second-order valence-corrected chi connectivity index (χ2v) is 6.05. The Morgan fingerprint density at radius 3 is 2.62 bits per heavy atom. The van der Waals surface area contributed by atoms with Crippen molar-refractivity contribution >= 4 is 19.0 Å². The predicted molar refractivity (Wildman–Crippen MR) is 78.3 cm³/mol. The van der Waals surface area contributed by atoms with Crippen LogP contribution in [0.1, 0.15) is 45.4 Å². The molecule has 21 heavy (non-hydrogen) atoms. The van der Waals surface area contributed by atoms with E-state index in [2.05, 4.69) is 5.32 Å². The van der Waals surface area contributed by atoms with E-state index in [1.165, 1.54) is 0 Å². The van der Waals surface area contributed by atoms with Gasteiger partial charge in [-0.1, -0.05) is 12.8 Å². The quantitative estimate of drug-likeness (QED) is 0.309. The molecule has 8 heteroatoms. The number of aliphatic carboxylic acids is 1. The smallest absolute Gasteiger partial charge is 0.451 e. The zero-order valence-corrected chi connectivity index (χ0v) is 12.4. The van der Waals surface area contributed by atoms with Gasteiger partial charge in [0, 0.05) is 6.04 Å². The van der Waals surface area contributed by atoms with Crippen LogP contribution in [0.3, 0.4) is 0 Å². The molecule has 1 aliphatic rings. The van der Waals surface area contributed by atoms with Crippen molar-refractivity contribution in [3.63, 3.8) is 0 Å². The van der Waals surface area contributed by atoms with Crippen LogP contribution in [0.5, 0.6) is 0 Å². The summed E-state index contributed by atoms with van der Waals surface area (Å²) < 4.78 is 0. The zero-order valence-electron chi connectivity index (χ0n) is 12.4. The number of nitrogens with two attached hydrogens (primary N) is 1. The van der Waals surface area contributed by atoms with Gasteiger partial charge in [-0.15, -0.1) is 0 Å². The Kier molecular flexibility index (Phi) is 6.63. The van der Waals surface area contributed by atoms with Gasteiger partial charge in [0.25, 0.3) is 0 Å². The maximum atomic E-state index is 11.6. The minimum Gasteiger partial charge on any atom is -0.481 e. The van der Waals surface area contributed by atoms with Crippen LogP contribution >= 0.6 is 0 Å². The van der Waals surface area contributed by atoms with Crippen molar-refractivity contribution in [2.45, 2.75) is 63.9 Å². The summed E-state index contributed by atoms with van der Waals surface area (Å²) in [6.07, 6.45) is 3.49. The molecule has 0 aliphatic heterocycles. The lowest BCUT2D eigenvalue weighted by molar-refractivity contribution is -0.149. The van der Waals surface area contributed by atoms with Gasteiger partial charge in [-0.05, 0) is 38.9 Å². The van der Waals surface area contributed by atoms with E-state index < -0.39 is 24.5 Å². The van der Waals surface area contributed by atoms with Crippen molar-refractivity contribution in [3.05, 3.63) is 0 Å². The average Bonchev–Trinajstić information content (AvgIpc) is 2.79. The molecule has 1 amide bonds. The highest BCUT2D eigenvalue weighted by atomic mass is 16.4. The lowest BCUT2D eigenvalue weighted by Crippen LogP contribution is -2.43. The fraction of sp³-hybridized carbons (Fsp3) is 0.846. The van der Waals surface area contributed by atoms with Crippen LogP contribution in [0.15, 0.2) is 0 Å². The number of rotatable bonds is 8. The number of amides is 1. The first kappa shape index (κ1) is 17.9. The summed E-state index contributed by atoms with van der Waals surface area (Å²) in [5.74, 6) is -1.10. The van der Waals surface area contributed by atoms with E-state index in [0.29, 0.717) is 38.5 Å². The van der Waals surface area contributed by atoms with Crippen molar-refractivity contribution in [1.29, 1.82) is 0 Å². The number of hydrogen-bond acceptors (Lipinski definition) is 5. The van der Waals surface area contributed by atoms with Crippen LogP contribution in [0, 0.1) is 5.41 Å². The highest BCUT2D eigenvalue weighted by molar-refractivity contribution is 6.40. The molecule has 0 spiro atoms. The third-order valence-electron chi connectivity index (χ3n) is 4.19. The fourth-order valence-corrected chi connectivity index (χ4v) is 2.90. The molecule has 0 unspecified atom stereocenters. The van der Waals surface area contributed by atoms with Crippen LogP contribution in [-0.2, 0) is 9.59 Å². The van der Waals surface area contributed by atoms with Gasteiger partial charge in [-0.3, -0.25) is 9.59 Å². The molecule has 6 N–H and O–H groups in total. The molecule has 0 aromatic heterocycles. The monoisotopic (exact) mass is 300 g/mol. The molecule has 0 aromatic carbocycles. The molecular formula is C13H25BN2O5. The zero-order chi connectivity index (χ0) is 16.0. The molecular weight excluding hydrogens is 275 g/mol. The van der Waals surface area contributed by atoms with Gasteiger partial charge in [0.15, 0.2) is 0 Å². The first-order valence-electron chi connectivity index (χ1n) is 7.42. The third-order valence-corrected chi connectivity index (χ3v) is 4.19. The fourth-order valence-electron chi connectivity index (χ4n) is 2.90. The van der Waals surface area contributed by atoms with Crippen LogP contribution in [0.25, 0.3) is 0 Å². The lowest BCUT2D eigenvalue weighted by atomic mass is 9.78. The summed E-state index contributed by atoms with van der Waals surface area (Å²) in [5, 5.41) is 29.9. The number of carbonyl (C=O) groups is 2. The lowest BCUT2D eigenvalue weighted by Gasteiger charge is -2.24. The molecule has 120 valence electrons. The van der Waals surface area contributed by atoms with Crippen molar-refractivity contribution in [1.82, 2.24) is 5.32 Å². The number of carbonyl (C=O) groups excluding carboxylic acids is 1. The molecule has 1 saturated carbocycles. The van der Waals surface area contributed by atoms with Crippen LogP contribution in [-0.4, -0.2) is 46.2 Å². The first-order chi connectivity index (χ1) is 9.77. The summed E-state index contributed by atoms with van der Waals surface area (Å²) in [7, 11) is -1.34. The number of hydrogen-bond donors (Lipinski definition) is 5. The van der Waals surface area contributed by atoms with Gasteiger partial charge in [0.2, 0.25) is 5.91 Å². The highest BCUT2D eigenvalue weighted by Crippen LogP contribution is 2.43. The van der Waals surface area contributed by atoms with E-state index in [4.69, 9.17) is 15.8 Å². The first-order valence-corrected chi connectivity index (χ1v) is 7.42. The van der Waals surface area contributed by atoms with E-state index in [9.17, 15) is 14.7 Å². The Hall–Kier alpha value is -1.12. The van der Waals surface area contributed by atoms with Crippen LogP contribution < -0.4 is 11.1 Å². The molecule has 1 fully saturated rings. The average molecular weight is 300 g/mol. The van der Waals surface area contributed by atoms with Crippen LogP contribution in [0.4, 0.5) is 0 Å². The Balaban J connectivity index is 2.51. The molecule has 0 bridgehead atoms. The maximum absolute atomic E-state index is 11.6. The third kappa shape index (κ3) is 5.30. The molecule has 0 aromatic rings. The van der Waals surface area contributed by atoms with E-state index in [1.54, 1.807) is 6.92 Å². The Bertz CT molecular complexity index is 378. The van der Waals surface area contributed by atoms with Crippen molar-refractivity contribution in [2.75, 3.05) is 0 Å². The summed E-state index contributed by atoms with van der Waals surface area (Å²) in [6.45, 7) is 1.59. The maximum Gasteiger partial charge on any atom is 0.451 e. The second-order valence-electron chi connectivity index (χ2n) is 6.05. The molecule has 1 rings (SSSR count). The van der Waals surface area contributed by atoms with E-state index in [1.807, 2.05) is 0 Å². The van der Waals surface area contributed by atoms with Gasteiger partial charge in [-0.2, -0.15) is 0 Å². The highest BCUT2D eigenvalue weighted by Gasteiger charge is 2.45. The Morgan fingerprint density at radius 2 is 2.10 bits per heavy atom. The van der Waals surface area contributed by atoms with Gasteiger partial charge in [0.05, 0.1) is 11.5 Å². The minimum atomic E-state index is -1.34. The van der Waals surface area contributed by atoms with E-state index in [0.717, 1.165) is 0 Å². The summed E-state index contributed by atoms with van der Waals surface area (Å²) in [6, 6.07) is -0.751. The number of carboxylic acid groups (broad SMARTS) is 1. The Morgan fingerprint density at radius 1 is 1.43 bits per heavy atom. The van der Waals surface area contributed by atoms with Crippen molar-refractivity contribution in [2.24, 2.45) is 11.1 Å². The van der Waals surface area contributed by atoms with Crippen molar-refractivity contribution < 1.29 is 24.7 Å². The summed E-state index contributed by atoms with van der Waals surface area (Å²) >= 11 is 0. The summed E-state index contributed by atoms with van der Waals surface area (Å²) in [4.78, 5) is 23.2. The number of nitrogens with one attached hydrogen (secondary N) is 1. The SMILES string of the molecule is C[C@H](N)C(=O)N[C@H]1CC[C@@](CCCCB(O)O)(C(=O)O)C1. The van der Waals surface area contributed by atoms with E-state index >= 15 is 0 Å². The largest absolute Gasteiger partial charge is 0.481 e. The standard InChI is InChI=1S/C13H25BN2O5/c1-9(15)11(17)16-10-4-6-13(8-10,12(18)19)5-2-3-7-14(20)21/h9-10,20-21H,2-8,15H2,1H3,(H,16,17)(H,18,19)/t9-,10-,13+/m0/s1. The van der Waals surface area contributed by atoms with Gasteiger partial charge < -0.3 is 26.2 Å². The minimum absolute atomic E-state index is 0.150. The Labute approximate surface area is 125 Å². The van der Waals surface area contributed by atoms with Crippen LogP contribution in [0.2, 0.25) is 6.32 Å². The van der Waals surface area contributed by atoms with E-state index in [-0.39, 0.29) is 18.3 Å². The predicted octanol–water partition coefficient (Wildman–Crippen LogP) is -0.284. The number of carboxylic acids is 1. The molecule has 1 aliphatic carbocycles. The topological polar surface area (TPSA) is 133 Å². The van der Waals surface area contributed by atoms with Gasteiger partial charge in [-0.25, -0.2) is 0 Å². The normalized spacial score (nSPS) is 26.4. The molecule has 7 nitrogen and oxygen atoms in total. The number of unbranched alkanes of at least 4 members (excludes halogenated alkanes) is 1. The molecule has 0 saturated heterocycles. The second kappa shape index (κ2) is 7.77. The molecule has 3 atom stereocenters. The van der Waals surface area contributed by atoms with Gasteiger partial charge in [0.1, 0.15) is 0 Å². The summed E-state index contributed by atoms with van der Waals surface area (Å²) in [5.41, 5.74) is 4.67. The molecule has 0 radical (unpaired) electrons. The van der Waals surface area contributed by atoms with Gasteiger partial charge >= 0.3 is 13.1 Å². The molecule has 0 heterocycles. The van der Waals surface area contributed by atoms with Crippen molar-refractivity contribution in [3.8, 4) is 0 Å².